The molecular formula is C17H21N5O. The number of hydrogen-bond donors (Lipinski definition) is 1. The summed E-state index contributed by atoms with van der Waals surface area (Å²) in [5, 5.41) is 3.47. The van der Waals surface area contributed by atoms with Crippen molar-refractivity contribution in [3.8, 4) is 5.82 Å². The lowest BCUT2D eigenvalue weighted by Crippen LogP contribution is -2.32. The van der Waals surface area contributed by atoms with E-state index in [0.717, 1.165) is 56.7 Å². The van der Waals surface area contributed by atoms with Crippen LogP contribution in [0.1, 0.15) is 23.2 Å². The van der Waals surface area contributed by atoms with E-state index in [2.05, 4.69) is 15.3 Å². The van der Waals surface area contributed by atoms with Gasteiger partial charge in [0.1, 0.15) is 12.1 Å². The van der Waals surface area contributed by atoms with Crippen LogP contribution in [-0.4, -0.2) is 51.5 Å². The van der Waals surface area contributed by atoms with Gasteiger partial charge in [0.15, 0.2) is 0 Å². The summed E-state index contributed by atoms with van der Waals surface area (Å²) in [6.07, 6.45) is 9.12. The molecule has 2 fully saturated rings. The first-order valence-electron chi connectivity index (χ1n) is 8.25. The van der Waals surface area contributed by atoms with E-state index in [-0.39, 0.29) is 5.91 Å². The summed E-state index contributed by atoms with van der Waals surface area (Å²) in [7, 11) is 0. The molecule has 1 N–H and O–H groups in total. The highest BCUT2D eigenvalue weighted by Crippen LogP contribution is 2.27. The van der Waals surface area contributed by atoms with E-state index < -0.39 is 0 Å². The maximum Gasteiger partial charge on any atom is 0.254 e. The molecule has 23 heavy (non-hydrogen) atoms. The summed E-state index contributed by atoms with van der Waals surface area (Å²) < 4.78 is 1.81. The zero-order valence-electron chi connectivity index (χ0n) is 13.1. The third kappa shape index (κ3) is 2.86. The van der Waals surface area contributed by atoms with E-state index in [9.17, 15) is 4.79 Å². The summed E-state index contributed by atoms with van der Waals surface area (Å²) in [5.41, 5.74) is 0.703. The molecule has 1 amide bonds. The third-order valence-electron chi connectivity index (χ3n) is 5.07. The number of pyridine rings is 1. The molecule has 0 radical (unpaired) electrons. The highest BCUT2D eigenvalue weighted by molar-refractivity contribution is 5.94. The van der Waals surface area contributed by atoms with E-state index in [0.29, 0.717) is 5.56 Å². The summed E-state index contributed by atoms with van der Waals surface area (Å²) in [6.45, 7) is 3.91. The van der Waals surface area contributed by atoms with Crippen molar-refractivity contribution in [2.45, 2.75) is 12.8 Å². The summed E-state index contributed by atoms with van der Waals surface area (Å²) >= 11 is 0. The number of carbonyl (C=O) groups is 1. The molecule has 4 rings (SSSR count). The number of aromatic nitrogens is 3. The van der Waals surface area contributed by atoms with Gasteiger partial charge >= 0.3 is 0 Å². The van der Waals surface area contributed by atoms with Crippen LogP contribution in [-0.2, 0) is 0 Å². The van der Waals surface area contributed by atoms with Crippen molar-refractivity contribution in [3.05, 3.63) is 42.6 Å². The number of nitrogens with zero attached hydrogens (tertiary/aromatic N) is 4. The molecule has 2 saturated heterocycles. The quantitative estimate of drug-likeness (QED) is 0.909. The van der Waals surface area contributed by atoms with Gasteiger partial charge in [-0.2, -0.15) is 0 Å². The Labute approximate surface area is 135 Å². The molecule has 2 aromatic rings. The lowest BCUT2D eigenvalue weighted by atomic mass is 9.92. The largest absolute Gasteiger partial charge is 0.339 e. The molecule has 120 valence electrons. The minimum Gasteiger partial charge on any atom is -0.339 e. The lowest BCUT2D eigenvalue weighted by molar-refractivity contribution is 0.0758. The van der Waals surface area contributed by atoms with Crippen molar-refractivity contribution in [1.29, 1.82) is 0 Å². The average molecular weight is 311 g/mol. The Morgan fingerprint density at radius 1 is 1.17 bits per heavy atom. The summed E-state index contributed by atoms with van der Waals surface area (Å²) in [5.74, 6) is 2.30. The van der Waals surface area contributed by atoms with Gasteiger partial charge in [0.25, 0.3) is 5.91 Å². The third-order valence-corrected chi connectivity index (χ3v) is 5.07. The van der Waals surface area contributed by atoms with Crippen LogP contribution in [0.5, 0.6) is 0 Å². The zero-order valence-corrected chi connectivity index (χ0v) is 13.1. The van der Waals surface area contributed by atoms with Gasteiger partial charge in [-0.1, -0.05) is 0 Å². The SMILES string of the molecule is O=C(c1ccnc(-n2ccnc2)c1)N1CC[C@@H]2CNC[C@@H]2CC1. The molecule has 6 nitrogen and oxygen atoms in total. The minimum atomic E-state index is 0.113. The van der Waals surface area contributed by atoms with Crippen molar-refractivity contribution in [2.75, 3.05) is 26.2 Å². The van der Waals surface area contributed by atoms with E-state index in [1.807, 2.05) is 21.7 Å². The van der Waals surface area contributed by atoms with E-state index in [1.165, 1.54) is 0 Å². The number of amides is 1. The Hall–Kier alpha value is -2.21. The van der Waals surface area contributed by atoms with Crippen molar-refractivity contribution < 1.29 is 4.79 Å². The molecule has 0 aliphatic carbocycles. The second kappa shape index (κ2) is 6.12. The van der Waals surface area contributed by atoms with Crippen molar-refractivity contribution in [1.82, 2.24) is 24.8 Å². The van der Waals surface area contributed by atoms with Gasteiger partial charge in [0.2, 0.25) is 0 Å². The molecule has 6 heteroatoms. The first-order chi connectivity index (χ1) is 11.3. The zero-order chi connectivity index (χ0) is 15.6. The lowest BCUT2D eigenvalue weighted by Gasteiger charge is -2.21. The van der Waals surface area contributed by atoms with Crippen LogP contribution in [0.2, 0.25) is 0 Å². The Kier molecular flexibility index (Phi) is 3.83. The monoisotopic (exact) mass is 311 g/mol. The number of hydrogen-bond acceptors (Lipinski definition) is 4. The Bertz CT molecular complexity index is 670. The smallest absolute Gasteiger partial charge is 0.254 e. The predicted octanol–water partition coefficient (Wildman–Crippen LogP) is 1.34. The summed E-state index contributed by atoms with van der Waals surface area (Å²) in [4.78, 5) is 23.2. The second-order valence-corrected chi connectivity index (χ2v) is 6.42. The Morgan fingerprint density at radius 3 is 2.65 bits per heavy atom. The maximum atomic E-state index is 12.9. The van der Waals surface area contributed by atoms with E-state index in [1.54, 1.807) is 24.8 Å². The molecule has 0 spiro atoms. The molecule has 0 saturated carbocycles. The second-order valence-electron chi connectivity index (χ2n) is 6.42. The van der Waals surface area contributed by atoms with Crippen LogP contribution in [0, 0.1) is 11.8 Å². The molecule has 2 atom stereocenters. The molecular weight excluding hydrogens is 290 g/mol. The standard InChI is InChI=1S/C17H21N5O/c23-17(21-6-2-14-10-19-11-15(14)3-7-21)13-1-4-20-16(9-13)22-8-5-18-12-22/h1,4-5,8-9,12,14-15,19H,2-3,6-7,10-11H2/t14-,15+. The first kappa shape index (κ1) is 14.4. The highest BCUT2D eigenvalue weighted by Gasteiger charge is 2.31. The highest BCUT2D eigenvalue weighted by atomic mass is 16.2. The van der Waals surface area contributed by atoms with Crippen LogP contribution >= 0.6 is 0 Å². The number of carbonyl (C=O) groups excluding carboxylic acids is 1. The van der Waals surface area contributed by atoms with Crippen molar-refractivity contribution >= 4 is 5.91 Å². The molecule has 0 bridgehead atoms. The van der Waals surface area contributed by atoms with Crippen LogP contribution in [0.3, 0.4) is 0 Å². The summed E-state index contributed by atoms with van der Waals surface area (Å²) in [6, 6.07) is 3.65. The van der Waals surface area contributed by atoms with Crippen LogP contribution in [0.15, 0.2) is 37.1 Å². The van der Waals surface area contributed by atoms with Crippen LogP contribution in [0.4, 0.5) is 0 Å². The van der Waals surface area contributed by atoms with Gasteiger partial charge < -0.3 is 10.2 Å². The predicted molar refractivity (Wildman–Crippen MR) is 86.3 cm³/mol. The average Bonchev–Trinajstić information content (AvgIpc) is 3.23. The molecule has 2 aromatic heterocycles. The topological polar surface area (TPSA) is 63.1 Å². The molecule has 2 aliphatic heterocycles. The number of nitrogens with one attached hydrogen (secondary N) is 1. The van der Waals surface area contributed by atoms with Gasteiger partial charge in [-0.15, -0.1) is 0 Å². The molecule has 0 unspecified atom stereocenters. The molecule has 2 aliphatic rings. The van der Waals surface area contributed by atoms with E-state index in [4.69, 9.17) is 0 Å². The fourth-order valence-corrected chi connectivity index (χ4v) is 3.69. The van der Waals surface area contributed by atoms with Gasteiger partial charge in [-0.05, 0) is 49.9 Å². The van der Waals surface area contributed by atoms with Gasteiger partial charge in [0, 0.05) is 37.2 Å². The number of imidazole rings is 1. The van der Waals surface area contributed by atoms with E-state index >= 15 is 0 Å². The Balaban J connectivity index is 1.51. The first-order valence-corrected chi connectivity index (χ1v) is 8.25. The maximum absolute atomic E-state index is 12.9. The van der Waals surface area contributed by atoms with Crippen molar-refractivity contribution in [2.24, 2.45) is 11.8 Å². The fourth-order valence-electron chi connectivity index (χ4n) is 3.69. The van der Waals surface area contributed by atoms with Gasteiger partial charge in [-0.3, -0.25) is 9.36 Å². The minimum absolute atomic E-state index is 0.113. The van der Waals surface area contributed by atoms with Gasteiger partial charge in [0.05, 0.1) is 0 Å². The number of rotatable bonds is 2. The van der Waals surface area contributed by atoms with Crippen LogP contribution in [0.25, 0.3) is 5.82 Å². The molecule has 0 aromatic carbocycles. The van der Waals surface area contributed by atoms with Crippen LogP contribution < -0.4 is 5.32 Å². The Morgan fingerprint density at radius 2 is 1.96 bits per heavy atom. The van der Waals surface area contributed by atoms with Gasteiger partial charge in [-0.25, -0.2) is 9.97 Å². The number of fused-ring (bicyclic) bond motifs is 1. The normalized spacial score (nSPS) is 24.3. The van der Waals surface area contributed by atoms with Crippen molar-refractivity contribution in [3.63, 3.8) is 0 Å². The fraction of sp³-hybridized carbons (Fsp3) is 0.471. The molecule has 4 heterocycles. The number of likely N-dealkylation sites (tertiary alicyclic amines) is 1.